The molecule has 0 aliphatic heterocycles. The van der Waals surface area contributed by atoms with Crippen molar-refractivity contribution in [2.24, 2.45) is 16.5 Å². The fourth-order valence-corrected chi connectivity index (χ4v) is 1.44. The molecule has 0 aliphatic carbocycles. The van der Waals surface area contributed by atoms with Gasteiger partial charge >= 0.3 is 0 Å². The second-order valence-electron chi connectivity index (χ2n) is 3.49. The number of carbonyl (C=O) groups is 1. The average Bonchev–Trinajstić information content (AvgIpc) is 2.82. The maximum Gasteiger partial charge on any atom is 0.284 e. The topological polar surface area (TPSA) is 120 Å². The van der Waals surface area contributed by atoms with Crippen molar-refractivity contribution in [3.63, 3.8) is 0 Å². The number of guanidine groups is 1. The van der Waals surface area contributed by atoms with E-state index >= 15 is 0 Å². The minimum absolute atomic E-state index is 0.0106. The summed E-state index contributed by atoms with van der Waals surface area (Å²) in [6.07, 6.45) is 3.31. The number of amides is 1. The molecule has 7 nitrogen and oxygen atoms in total. The zero-order chi connectivity index (χ0) is 13.1. The Bertz CT molecular complexity index is 600. The number of hydrogen-bond donors (Lipinski definition) is 3. The van der Waals surface area contributed by atoms with E-state index in [0.29, 0.717) is 5.69 Å². The number of rotatable bonds is 2. The highest BCUT2D eigenvalue weighted by atomic mass is 16.3. The van der Waals surface area contributed by atoms with E-state index in [-0.39, 0.29) is 17.3 Å². The number of nitrogens with two attached hydrogens (primary N) is 2. The van der Waals surface area contributed by atoms with Crippen LogP contribution in [0.15, 0.2) is 41.7 Å². The standard InChI is InChI=1S/C11H11N5O2/c12-11(13)15-10(18)8-6-7(2-3-9(8)17)16-5-1-4-14-16/h1-6,17H,(H4,12,13,15,18). The predicted octanol–water partition coefficient (Wildman–Crippen LogP) is -0.00850. The number of benzene rings is 1. The monoisotopic (exact) mass is 245 g/mol. The molecule has 0 fully saturated rings. The number of aromatic nitrogens is 2. The Balaban J connectivity index is 2.45. The molecular weight excluding hydrogens is 234 g/mol. The second-order valence-corrected chi connectivity index (χ2v) is 3.49. The third-order valence-electron chi connectivity index (χ3n) is 2.21. The summed E-state index contributed by atoms with van der Waals surface area (Å²) in [7, 11) is 0. The Morgan fingerprint density at radius 3 is 2.78 bits per heavy atom. The number of phenols is 1. The van der Waals surface area contributed by atoms with Crippen LogP contribution < -0.4 is 11.5 Å². The molecule has 0 saturated carbocycles. The van der Waals surface area contributed by atoms with E-state index in [9.17, 15) is 9.90 Å². The van der Waals surface area contributed by atoms with Crippen molar-refractivity contribution in [3.05, 3.63) is 42.2 Å². The van der Waals surface area contributed by atoms with Crippen LogP contribution in [0.2, 0.25) is 0 Å². The number of nitrogens with zero attached hydrogens (tertiary/aromatic N) is 3. The molecule has 0 radical (unpaired) electrons. The van der Waals surface area contributed by atoms with Gasteiger partial charge in [0.25, 0.3) is 5.91 Å². The minimum Gasteiger partial charge on any atom is -0.507 e. The summed E-state index contributed by atoms with van der Waals surface area (Å²) in [5, 5.41) is 13.6. The molecule has 0 saturated heterocycles. The number of phenolic OH excluding ortho intramolecular Hbond substituents is 1. The SMILES string of the molecule is NC(N)=NC(=O)c1cc(-n2cccn2)ccc1O. The van der Waals surface area contributed by atoms with Gasteiger partial charge in [-0.25, -0.2) is 4.68 Å². The van der Waals surface area contributed by atoms with E-state index in [1.165, 1.54) is 12.1 Å². The van der Waals surface area contributed by atoms with Crippen molar-refractivity contribution < 1.29 is 9.90 Å². The lowest BCUT2D eigenvalue weighted by atomic mass is 10.1. The summed E-state index contributed by atoms with van der Waals surface area (Å²) in [5.74, 6) is -1.26. The molecule has 0 aliphatic rings. The van der Waals surface area contributed by atoms with Crippen LogP contribution >= 0.6 is 0 Å². The number of hydrogen-bond acceptors (Lipinski definition) is 3. The molecule has 0 atom stereocenters. The van der Waals surface area contributed by atoms with E-state index < -0.39 is 5.91 Å². The maximum absolute atomic E-state index is 11.7. The van der Waals surface area contributed by atoms with Gasteiger partial charge in [-0.2, -0.15) is 10.1 Å². The molecule has 92 valence electrons. The van der Waals surface area contributed by atoms with Gasteiger partial charge in [-0.05, 0) is 24.3 Å². The van der Waals surface area contributed by atoms with E-state index in [2.05, 4.69) is 10.1 Å². The van der Waals surface area contributed by atoms with Crippen LogP contribution in [-0.2, 0) is 0 Å². The number of aromatic hydroxyl groups is 1. The molecule has 1 heterocycles. The van der Waals surface area contributed by atoms with Crippen LogP contribution in [0, 0.1) is 0 Å². The molecule has 1 amide bonds. The molecule has 5 N–H and O–H groups in total. The van der Waals surface area contributed by atoms with Gasteiger partial charge in [0.15, 0.2) is 5.96 Å². The lowest BCUT2D eigenvalue weighted by Gasteiger charge is -2.05. The molecule has 2 aromatic rings. The minimum atomic E-state index is -0.707. The molecule has 0 bridgehead atoms. The van der Waals surface area contributed by atoms with Gasteiger partial charge in [0.2, 0.25) is 0 Å². The largest absolute Gasteiger partial charge is 0.507 e. The first-order valence-corrected chi connectivity index (χ1v) is 5.05. The van der Waals surface area contributed by atoms with Crippen molar-refractivity contribution in [2.45, 2.75) is 0 Å². The third-order valence-corrected chi connectivity index (χ3v) is 2.21. The second kappa shape index (κ2) is 4.58. The zero-order valence-corrected chi connectivity index (χ0v) is 9.32. The van der Waals surface area contributed by atoms with Crippen molar-refractivity contribution in [3.8, 4) is 11.4 Å². The molecule has 0 spiro atoms. The van der Waals surface area contributed by atoms with Crippen molar-refractivity contribution in [1.29, 1.82) is 0 Å². The van der Waals surface area contributed by atoms with Gasteiger partial charge in [0.1, 0.15) is 5.75 Å². The summed E-state index contributed by atoms with van der Waals surface area (Å²) >= 11 is 0. The van der Waals surface area contributed by atoms with Gasteiger partial charge in [-0.3, -0.25) is 4.79 Å². The van der Waals surface area contributed by atoms with Crippen molar-refractivity contribution in [1.82, 2.24) is 9.78 Å². The molecular formula is C11H11N5O2. The van der Waals surface area contributed by atoms with E-state index in [1.54, 1.807) is 29.2 Å². The van der Waals surface area contributed by atoms with Crippen LogP contribution in [0.4, 0.5) is 0 Å². The van der Waals surface area contributed by atoms with Gasteiger partial charge < -0.3 is 16.6 Å². The molecule has 0 unspecified atom stereocenters. The highest BCUT2D eigenvalue weighted by Crippen LogP contribution is 2.21. The highest BCUT2D eigenvalue weighted by molar-refractivity contribution is 6.03. The first-order chi connectivity index (χ1) is 8.58. The third kappa shape index (κ3) is 2.29. The summed E-state index contributed by atoms with van der Waals surface area (Å²) < 4.78 is 1.55. The summed E-state index contributed by atoms with van der Waals surface area (Å²) in [5.41, 5.74) is 10.9. The van der Waals surface area contributed by atoms with Crippen molar-refractivity contribution in [2.75, 3.05) is 0 Å². The van der Waals surface area contributed by atoms with E-state index in [1.807, 2.05) is 0 Å². The van der Waals surface area contributed by atoms with Gasteiger partial charge in [-0.1, -0.05) is 0 Å². The number of aliphatic imine (C=N–C) groups is 1. The first-order valence-electron chi connectivity index (χ1n) is 5.05. The molecule has 2 rings (SSSR count). The summed E-state index contributed by atoms with van der Waals surface area (Å²) in [6, 6.07) is 6.20. The quantitative estimate of drug-likeness (QED) is 0.507. The van der Waals surface area contributed by atoms with Crippen molar-refractivity contribution >= 4 is 11.9 Å². The lowest BCUT2D eigenvalue weighted by molar-refractivity contribution is 0.1000. The molecule has 1 aromatic carbocycles. The predicted molar refractivity (Wildman–Crippen MR) is 65.4 cm³/mol. The fraction of sp³-hybridized carbons (Fsp3) is 0. The normalized spacial score (nSPS) is 10.0. The van der Waals surface area contributed by atoms with Crippen LogP contribution in [0.25, 0.3) is 5.69 Å². The Hall–Kier alpha value is -2.83. The Morgan fingerprint density at radius 2 is 2.17 bits per heavy atom. The summed E-state index contributed by atoms with van der Waals surface area (Å²) in [4.78, 5) is 15.0. The highest BCUT2D eigenvalue weighted by Gasteiger charge is 2.12. The fourth-order valence-electron chi connectivity index (χ4n) is 1.44. The van der Waals surface area contributed by atoms with E-state index in [4.69, 9.17) is 11.5 Å². The molecule has 18 heavy (non-hydrogen) atoms. The summed E-state index contributed by atoms with van der Waals surface area (Å²) in [6.45, 7) is 0. The lowest BCUT2D eigenvalue weighted by Crippen LogP contribution is -2.24. The smallest absolute Gasteiger partial charge is 0.284 e. The molecule has 7 heteroatoms. The Morgan fingerprint density at radius 1 is 1.39 bits per heavy atom. The van der Waals surface area contributed by atoms with Crippen LogP contribution in [0.1, 0.15) is 10.4 Å². The first kappa shape index (κ1) is 11.6. The Labute approximate surface area is 102 Å². The molecule has 1 aromatic heterocycles. The maximum atomic E-state index is 11.7. The van der Waals surface area contributed by atoms with Crippen LogP contribution in [0.3, 0.4) is 0 Å². The van der Waals surface area contributed by atoms with Gasteiger partial charge in [-0.15, -0.1) is 0 Å². The van der Waals surface area contributed by atoms with E-state index in [0.717, 1.165) is 0 Å². The van der Waals surface area contributed by atoms with Crippen LogP contribution in [-0.4, -0.2) is 26.8 Å². The van der Waals surface area contributed by atoms with Gasteiger partial charge in [0.05, 0.1) is 11.3 Å². The Kier molecular flexibility index (Phi) is 2.96. The average molecular weight is 245 g/mol. The number of carbonyl (C=O) groups excluding carboxylic acids is 1. The van der Waals surface area contributed by atoms with Crippen LogP contribution in [0.5, 0.6) is 5.75 Å². The van der Waals surface area contributed by atoms with Gasteiger partial charge in [0, 0.05) is 12.4 Å². The zero-order valence-electron chi connectivity index (χ0n) is 9.32.